The van der Waals surface area contributed by atoms with Crippen LogP contribution >= 0.6 is 39.9 Å². The Morgan fingerprint density at radius 2 is 2.08 bits per heavy atom. The fourth-order valence-electron chi connectivity index (χ4n) is 0.871. The highest BCUT2D eigenvalue weighted by Crippen LogP contribution is 2.24. The Balaban J connectivity index is 0.00000121. The molecule has 12 heavy (non-hydrogen) atoms. The maximum absolute atomic E-state index is 5.75. The van der Waals surface area contributed by atoms with Gasteiger partial charge in [-0.1, -0.05) is 33.6 Å². The van der Waals surface area contributed by atoms with Crippen molar-refractivity contribution in [2.75, 3.05) is 0 Å². The summed E-state index contributed by atoms with van der Waals surface area (Å²) in [5.41, 5.74) is 6.77. The van der Waals surface area contributed by atoms with E-state index in [4.69, 9.17) is 17.3 Å². The van der Waals surface area contributed by atoms with E-state index >= 15 is 0 Å². The van der Waals surface area contributed by atoms with Crippen molar-refractivity contribution < 1.29 is 0 Å². The van der Waals surface area contributed by atoms with E-state index in [2.05, 4.69) is 15.9 Å². The lowest BCUT2D eigenvalue weighted by atomic mass is 10.1. The molecule has 1 nitrogen and oxygen atoms in total. The molecule has 0 aliphatic rings. The van der Waals surface area contributed by atoms with Gasteiger partial charge < -0.3 is 5.73 Å². The van der Waals surface area contributed by atoms with Crippen LogP contribution in [0.15, 0.2) is 22.7 Å². The van der Waals surface area contributed by atoms with E-state index in [0.717, 1.165) is 15.1 Å². The molecule has 0 heterocycles. The Bertz CT molecular complexity index is 263. The van der Waals surface area contributed by atoms with Crippen molar-refractivity contribution in [2.45, 2.75) is 13.0 Å². The van der Waals surface area contributed by atoms with E-state index < -0.39 is 0 Å². The average molecular weight is 271 g/mol. The SMILES string of the molecule is C[C@H](N)c1ccc(Cl)cc1Br.Cl. The molecule has 0 aliphatic carbocycles. The van der Waals surface area contributed by atoms with Crippen molar-refractivity contribution in [3.63, 3.8) is 0 Å². The van der Waals surface area contributed by atoms with Crippen LogP contribution in [-0.4, -0.2) is 0 Å². The van der Waals surface area contributed by atoms with Gasteiger partial charge in [0.05, 0.1) is 0 Å². The number of nitrogens with two attached hydrogens (primary N) is 1. The molecule has 0 aliphatic heterocycles. The van der Waals surface area contributed by atoms with Gasteiger partial charge in [-0.2, -0.15) is 0 Å². The minimum Gasteiger partial charge on any atom is -0.324 e. The van der Waals surface area contributed by atoms with Crippen LogP contribution in [0.3, 0.4) is 0 Å². The zero-order valence-electron chi connectivity index (χ0n) is 6.55. The van der Waals surface area contributed by atoms with Crippen molar-refractivity contribution in [3.05, 3.63) is 33.3 Å². The van der Waals surface area contributed by atoms with Gasteiger partial charge in [0.25, 0.3) is 0 Å². The minimum absolute atomic E-state index is 0. The normalized spacial score (nSPS) is 12.0. The van der Waals surface area contributed by atoms with E-state index in [-0.39, 0.29) is 18.4 Å². The Hall–Kier alpha value is 0.240. The van der Waals surface area contributed by atoms with Gasteiger partial charge >= 0.3 is 0 Å². The summed E-state index contributed by atoms with van der Waals surface area (Å²) in [7, 11) is 0. The Kier molecular flexibility index (Phi) is 5.18. The third-order valence-corrected chi connectivity index (χ3v) is 2.37. The summed E-state index contributed by atoms with van der Waals surface area (Å²) < 4.78 is 0.972. The molecule has 0 bridgehead atoms. The molecule has 1 rings (SSSR count). The second kappa shape index (κ2) is 5.07. The number of halogens is 3. The van der Waals surface area contributed by atoms with Crippen molar-refractivity contribution in [1.82, 2.24) is 0 Å². The van der Waals surface area contributed by atoms with Crippen molar-refractivity contribution in [1.29, 1.82) is 0 Å². The summed E-state index contributed by atoms with van der Waals surface area (Å²) in [5.74, 6) is 0. The highest BCUT2D eigenvalue weighted by molar-refractivity contribution is 9.10. The molecule has 0 aromatic heterocycles. The van der Waals surface area contributed by atoms with Crippen LogP contribution in [0.5, 0.6) is 0 Å². The molecule has 0 spiro atoms. The first kappa shape index (κ1) is 12.2. The van der Waals surface area contributed by atoms with Crippen molar-refractivity contribution in [2.24, 2.45) is 5.73 Å². The van der Waals surface area contributed by atoms with Crippen LogP contribution in [-0.2, 0) is 0 Å². The molecule has 0 radical (unpaired) electrons. The summed E-state index contributed by atoms with van der Waals surface area (Å²) in [4.78, 5) is 0. The molecule has 0 amide bonds. The molecule has 1 aromatic carbocycles. The highest BCUT2D eigenvalue weighted by atomic mass is 79.9. The summed E-state index contributed by atoms with van der Waals surface area (Å²) >= 11 is 9.13. The third kappa shape index (κ3) is 2.94. The lowest BCUT2D eigenvalue weighted by Crippen LogP contribution is -2.05. The summed E-state index contributed by atoms with van der Waals surface area (Å²) in [6.45, 7) is 1.94. The van der Waals surface area contributed by atoms with Gasteiger partial charge in [0.2, 0.25) is 0 Å². The van der Waals surface area contributed by atoms with Crippen LogP contribution in [0.1, 0.15) is 18.5 Å². The van der Waals surface area contributed by atoms with Crippen LogP contribution in [0, 0.1) is 0 Å². The zero-order chi connectivity index (χ0) is 8.43. The van der Waals surface area contributed by atoms with Crippen molar-refractivity contribution >= 4 is 39.9 Å². The van der Waals surface area contributed by atoms with E-state index in [9.17, 15) is 0 Å². The standard InChI is InChI=1S/C8H9BrClN.ClH/c1-5(11)7-3-2-6(10)4-8(7)9;/h2-5H,11H2,1H3;1H/t5-;/m0./s1. The van der Waals surface area contributed by atoms with E-state index in [1.54, 1.807) is 0 Å². The molecule has 68 valence electrons. The predicted molar refractivity (Wildman–Crippen MR) is 59.0 cm³/mol. The average Bonchev–Trinajstić information content (AvgIpc) is 1.85. The number of benzene rings is 1. The van der Waals surface area contributed by atoms with Crippen LogP contribution in [0.25, 0.3) is 0 Å². The van der Waals surface area contributed by atoms with E-state index in [1.807, 2.05) is 25.1 Å². The first-order chi connectivity index (χ1) is 5.11. The molecule has 1 aromatic rings. The first-order valence-electron chi connectivity index (χ1n) is 3.32. The Morgan fingerprint density at radius 1 is 1.50 bits per heavy atom. The minimum atomic E-state index is 0. The quantitative estimate of drug-likeness (QED) is 0.830. The molecule has 0 fully saturated rings. The molecular weight excluding hydrogens is 261 g/mol. The number of hydrogen-bond acceptors (Lipinski definition) is 1. The van der Waals surface area contributed by atoms with Crippen LogP contribution in [0.2, 0.25) is 5.02 Å². The summed E-state index contributed by atoms with van der Waals surface area (Å²) in [6.07, 6.45) is 0. The van der Waals surface area contributed by atoms with Crippen LogP contribution < -0.4 is 5.73 Å². The third-order valence-electron chi connectivity index (χ3n) is 1.45. The number of hydrogen-bond donors (Lipinski definition) is 1. The molecular formula is C8H10BrCl2N. The largest absolute Gasteiger partial charge is 0.324 e. The van der Waals surface area contributed by atoms with Gasteiger partial charge in [0.1, 0.15) is 0 Å². The predicted octanol–water partition coefficient (Wildman–Crippen LogP) is 3.54. The topological polar surface area (TPSA) is 26.0 Å². The second-order valence-corrected chi connectivity index (χ2v) is 3.75. The van der Waals surface area contributed by atoms with Gasteiger partial charge in [0, 0.05) is 15.5 Å². The van der Waals surface area contributed by atoms with Crippen molar-refractivity contribution in [3.8, 4) is 0 Å². The Morgan fingerprint density at radius 3 is 2.50 bits per heavy atom. The van der Waals surface area contributed by atoms with Crippen LogP contribution in [0.4, 0.5) is 0 Å². The first-order valence-corrected chi connectivity index (χ1v) is 4.49. The van der Waals surface area contributed by atoms with Gasteiger partial charge in [-0.15, -0.1) is 12.4 Å². The fourth-order valence-corrected chi connectivity index (χ4v) is 1.91. The fraction of sp³-hybridized carbons (Fsp3) is 0.250. The molecule has 0 unspecified atom stereocenters. The highest BCUT2D eigenvalue weighted by Gasteiger charge is 2.03. The zero-order valence-corrected chi connectivity index (χ0v) is 9.71. The lowest BCUT2D eigenvalue weighted by Gasteiger charge is -2.07. The maximum Gasteiger partial charge on any atom is 0.0417 e. The Labute approximate surface area is 91.8 Å². The van der Waals surface area contributed by atoms with Gasteiger partial charge in [-0.05, 0) is 24.6 Å². The molecule has 2 N–H and O–H groups in total. The smallest absolute Gasteiger partial charge is 0.0417 e. The molecule has 1 atom stereocenters. The lowest BCUT2D eigenvalue weighted by molar-refractivity contribution is 0.813. The summed E-state index contributed by atoms with van der Waals surface area (Å²) in [5, 5.41) is 0.723. The van der Waals surface area contributed by atoms with Gasteiger partial charge in [0.15, 0.2) is 0 Å². The number of rotatable bonds is 1. The molecule has 0 saturated carbocycles. The van der Waals surface area contributed by atoms with Gasteiger partial charge in [-0.3, -0.25) is 0 Å². The van der Waals surface area contributed by atoms with Gasteiger partial charge in [-0.25, -0.2) is 0 Å². The van der Waals surface area contributed by atoms with E-state index in [0.29, 0.717) is 0 Å². The monoisotopic (exact) mass is 269 g/mol. The second-order valence-electron chi connectivity index (χ2n) is 2.45. The maximum atomic E-state index is 5.75. The molecule has 4 heteroatoms. The molecule has 0 saturated heterocycles. The summed E-state index contributed by atoms with van der Waals surface area (Å²) in [6, 6.07) is 5.66. The van der Waals surface area contributed by atoms with E-state index in [1.165, 1.54) is 0 Å².